The van der Waals surface area contributed by atoms with Crippen molar-refractivity contribution < 1.29 is 19.0 Å². The molecule has 0 radical (unpaired) electrons. The van der Waals surface area contributed by atoms with Gasteiger partial charge in [-0.2, -0.15) is 0 Å². The van der Waals surface area contributed by atoms with Crippen molar-refractivity contribution in [3.8, 4) is 11.5 Å². The van der Waals surface area contributed by atoms with Crippen LogP contribution in [0.15, 0.2) is 35.3 Å². The molecule has 1 aromatic carbocycles. The zero-order chi connectivity index (χ0) is 21.5. The summed E-state index contributed by atoms with van der Waals surface area (Å²) in [4.78, 5) is 28.6. The second-order valence-electron chi connectivity index (χ2n) is 8.65. The SMILES string of the molecule is Cc1ccn(Cc2ccc3c(c2)OCO3)c(=O)c1C(=O)N[C@H]1C[C@H]2CO[C@@H](C)CN2C1. The van der Waals surface area contributed by atoms with Crippen molar-refractivity contribution in [1.82, 2.24) is 14.8 Å². The van der Waals surface area contributed by atoms with E-state index in [0.29, 0.717) is 36.3 Å². The molecule has 1 N–H and O–H groups in total. The quantitative estimate of drug-likeness (QED) is 0.800. The Balaban J connectivity index is 1.32. The normalized spacial score (nSPS) is 24.8. The summed E-state index contributed by atoms with van der Waals surface area (Å²) in [5, 5.41) is 3.09. The van der Waals surface area contributed by atoms with E-state index in [4.69, 9.17) is 14.2 Å². The van der Waals surface area contributed by atoms with Gasteiger partial charge in [0, 0.05) is 31.4 Å². The zero-order valence-corrected chi connectivity index (χ0v) is 17.8. The van der Waals surface area contributed by atoms with Crippen LogP contribution in [-0.4, -0.2) is 60.1 Å². The van der Waals surface area contributed by atoms with Gasteiger partial charge in [-0.25, -0.2) is 0 Å². The van der Waals surface area contributed by atoms with Crippen molar-refractivity contribution in [3.63, 3.8) is 0 Å². The number of carbonyl (C=O) groups excluding carboxylic acids is 1. The maximum atomic E-state index is 13.2. The summed E-state index contributed by atoms with van der Waals surface area (Å²) in [5.41, 5.74) is 1.50. The van der Waals surface area contributed by atoms with E-state index in [2.05, 4.69) is 17.1 Å². The van der Waals surface area contributed by atoms with Crippen LogP contribution in [0.5, 0.6) is 11.5 Å². The molecule has 3 aliphatic heterocycles. The van der Waals surface area contributed by atoms with Crippen molar-refractivity contribution in [2.24, 2.45) is 0 Å². The molecule has 0 spiro atoms. The monoisotopic (exact) mass is 425 g/mol. The molecule has 4 heterocycles. The van der Waals surface area contributed by atoms with E-state index < -0.39 is 0 Å². The first kappa shape index (κ1) is 20.1. The number of aromatic nitrogens is 1. The summed E-state index contributed by atoms with van der Waals surface area (Å²) in [6, 6.07) is 7.78. The van der Waals surface area contributed by atoms with Gasteiger partial charge in [0.05, 0.1) is 19.3 Å². The molecule has 0 unspecified atom stereocenters. The molecule has 2 saturated heterocycles. The Labute approximate surface area is 180 Å². The molecule has 8 heteroatoms. The predicted octanol–water partition coefficient (Wildman–Crippen LogP) is 1.53. The number of fused-ring (bicyclic) bond motifs is 2. The van der Waals surface area contributed by atoms with E-state index in [-0.39, 0.29) is 36.0 Å². The highest BCUT2D eigenvalue weighted by molar-refractivity contribution is 5.95. The highest BCUT2D eigenvalue weighted by Gasteiger charge is 2.37. The van der Waals surface area contributed by atoms with Crippen LogP contribution in [0.2, 0.25) is 0 Å². The maximum absolute atomic E-state index is 13.2. The molecule has 0 aliphatic carbocycles. The second kappa shape index (κ2) is 8.01. The number of hydrogen-bond donors (Lipinski definition) is 1. The van der Waals surface area contributed by atoms with Gasteiger partial charge < -0.3 is 24.1 Å². The molecular formula is C23H27N3O5. The van der Waals surface area contributed by atoms with Crippen LogP contribution in [0.25, 0.3) is 0 Å². The topological polar surface area (TPSA) is 82.0 Å². The average Bonchev–Trinajstić information content (AvgIpc) is 3.35. The number of aryl methyl sites for hydroxylation is 1. The van der Waals surface area contributed by atoms with Gasteiger partial charge in [-0.1, -0.05) is 6.07 Å². The molecule has 164 valence electrons. The van der Waals surface area contributed by atoms with Gasteiger partial charge in [0.2, 0.25) is 6.79 Å². The van der Waals surface area contributed by atoms with Crippen LogP contribution in [0.3, 0.4) is 0 Å². The highest BCUT2D eigenvalue weighted by Crippen LogP contribution is 2.32. The largest absolute Gasteiger partial charge is 0.454 e. The highest BCUT2D eigenvalue weighted by atomic mass is 16.7. The number of pyridine rings is 1. The van der Waals surface area contributed by atoms with E-state index in [9.17, 15) is 9.59 Å². The molecule has 0 saturated carbocycles. The molecule has 2 fully saturated rings. The van der Waals surface area contributed by atoms with Crippen LogP contribution in [0.4, 0.5) is 0 Å². The van der Waals surface area contributed by atoms with E-state index >= 15 is 0 Å². The summed E-state index contributed by atoms with van der Waals surface area (Å²) < 4.78 is 18.1. The third-order valence-electron chi connectivity index (χ3n) is 6.32. The lowest BCUT2D eigenvalue weighted by Crippen LogP contribution is -2.45. The smallest absolute Gasteiger partial charge is 0.263 e. The number of nitrogens with one attached hydrogen (secondary N) is 1. The first-order chi connectivity index (χ1) is 15.0. The fourth-order valence-corrected chi connectivity index (χ4v) is 4.70. The van der Waals surface area contributed by atoms with Gasteiger partial charge in [-0.05, 0) is 49.6 Å². The van der Waals surface area contributed by atoms with Crippen molar-refractivity contribution >= 4 is 5.91 Å². The van der Waals surface area contributed by atoms with Gasteiger partial charge in [-0.15, -0.1) is 0 Å². The molecule has 8 nitrogen and oxygen atoms in total. The summed E-state index contributed by atoms with van der Waals surface area (Å²) in [6.07, 6.45) is 2.79. The molecule has 31 heavy (non-hydrogen) atoms. The van der Waals surface area contributed by atoms with Gasteiger partial charge in [0.25, 0.3) is 11.5 Å². The zero-order valence-electron chi connectivity index (χ0n) is 17.8. The number of ether oxygens (including phenoxy) is 3. The Kier molecular flexibility index (Phi) is 5.19. The lowest BCUT2D eigenvalue weighted by molar-refractivity contribution is -0.0390. The predicted molar refractivity (Wildman–Crippen MR) is 114 cm³/mol. The molecule has 1 amide bonds. The Bertz CT molecular complexity index is 1070. The number of rotatable bonds is 4. The first-order valence-electron chi connectivity index (χ1n) is 10.7. The fourth-order valence-electron chi connectivity index (χ4n) is 4.70. The number of carbonyl (C=O) groups is 1. The minimum atomic E-state index is -0.304. The Morgan fingerprint density at radius 3 is 2.90 bits per heavy atom. The number of benzene rings is 1. The molecule has 2 aromatic rings. The summed E-state index contributed by atoms with van der Waals surface area (Å²) in [5.74, 6) is 1.07. The second-order valence-corrected chi connectivity index (χ2v) is 8.65. The van der Waals surface area contributed by atoms with Crippen molar-refractivity contribution in [3.05, 3.63) is 57.5 Å². The van der Waals surface area contributed by atoms with Crippen LogP contribution in [-0.2, 0) is 11.3 Å². The van der Waals surface area contributed by atoms with Gasteiger partial charge in [0.15, 0.2) is 11.5 Å². The van der Waals surface area contributed by atoms with Crippen LogP contribution < -0.4 is 20.3 Å². The molecule has 1 aromatic heterocycles. The van der Waals surface area contributed by atoms with E-state index in [1.807, 2.05) is 24.3 Å². The van der Waals surface area contributed by atoms with Gasteiger partial charge in [0.1, 0.15) is 5.56 Å². The Hall–Kier alpha value is -2.84. The van der Waals surface area contributed by atoms with E-state index in [0.717, 1.165) is 25.1 Å². The molecule has 3 aliphatic rings. The maximum Gasteiger partial charge on any atom is 0.263 e. The minimum absolute atomic E-state index is 0.0210. The third-order valence-corrected chi connectivity index (χ3v) is 6.32. The summed E-state index contributed by atoms with van der Waals surface area (Å²) >= 11 is 0. The number of nitrogens with zero attached hydrogens (tertiary/aromatic N) is 2. The van der Waals surface area contributed by atoms with Gasteiger partial charge >= 0.3 is 0 Å². The minimum Gasteiger partial charge on any atom is -0.454 e. The molecular weight excluding hydrogens is 398 g/mol. The average molecular weight is 425 g/mol. The standard InChI is InChI=1S/C23H27N3O5/c1-14-5-6-25(10-16-3-4-19-20(7-16)31-13-30-19)23(28)21(14)22(27)24-17-8-18-12-29-15(2)9-26(18)11-17/h3-7,15,17-18H,8-13H2,1-2H3,(H,24,27)/t15-,17-,18-/m0/s1. The van der Waals surface area contributed by atoms with Crippen LogP contribution >= 0.6 is 0 Å². The first-order valence-corrected chi connectivity index (χ1v) is 10.7. The lowest BCUT2D eigenvalue weighted by Gasteiger charge is -2.33. The van der Waals surface area contributed by atoms with Crippen molar-refractivity contribution in [1.29, 1.82) is 0 Å². The van der Waals surface area contributed by atoms with Gasteiger partial charge in [-0.3, -0.25) is 14.5 Å². The molecule has 0 bridgehead atoms. The van der Waals surface area contributed by atoms with Crippen LogP contribution in [0, 0.1) is 6.92 Å². The van der Waals surface area contributed by atoms with Crippen molar-refractivity contribution in [2.45, 2.75) is 45.0 Å². The van der Waals surface area contributed by atoms with Crippen molar-refractivity contribution in [2.75, 3.05) is 26.5 Å². The summed E-state index contributed by atoms with van der Waals surface area (Å²) in [6.45, 7) is 6.79. The third kappa shape index (κ3) is 3.93. The lowest BCUT2D eigenvalue weighted by atomic mass is 10.1. The number of morpholine rings is 1. The number of amides is 1. The van der Waals surface area contributed by atoms with E-state index in [1.54, 1.807) is 17.7 Å². The molecule has 3 atom stereocenters. The summed E-state index contributed by atoms with van der Waals surface area (Å²) in [7, 11) is 0. The Morgan fingerprint density at radius 1 is 1.19 bits per heavy atom. The number of hydrogen-bond acceptors (Lipinski definition) is 6. The fraction of sp³-hybridized carbons (Fsp3) is 0.478. The molecule has 5 rings (SSSR count). The van der Waals surface area contributed by atoms with Crippen LogP contribution in [0.1, 0.15) is 34.8 Å². The Morgan fingerprint density at radius 2 is 2.03 bits per heavy atom. The van der Waals surface area contributed by atoms with E-state index in [1.165, 1.54) is 0 Å².